The lowest BCUT2D eigenvalue weighted by molar-refractivity contribution is -0.134. The van der Waals surface area contributed by atoms with E-state index in [1.807, 2.05) is 6.08 Å². The summed E-state index contributed by atoms with van der Waals surface area (Å²) in [4.78, 5) is 13.1. The molecule has 1 aliphatic rings. The van der Waals surface area contributed by atoms with Gasteiger partial charge >= 0.3 is 5.97 Å². The molecule has 1 fully saturated rings. The number of likely N-dealkylation sites (N-methyl/N-ethyl adjacent to an activating group) is 1. The molecular formula is C10H17NO2. The van der Waals surface area contributed by atoms with Crippen molar-refractivity contribution < 1.29 is 9.53 Å². The van der Waals surface area contributed by atoms with E-state index >= 15 is 0 Å². The lowest BCUT2D eigenvalue weighted by atomic mass is 10.0. The van der Waals surface area contributed by atoms with Gasteiger partial charge in [0.25, 0.3) is 0 Å². The van der Waals surface area contributed by atoms with Crippen LogP contribution in [0, 0.1) is 0 Å². The summed E-state index contributed by atoms with van der Waals surface area (Å²) >= 11 is 0. The molecule has 3 nitrogen and oxygen atoms in total. The molecule has 0 aromatic rings. The van der Waals surface area contributed by atoms with Gasteiger partial charge in [-0.2, -0.15) is 0 Å². The molecule has 1 atom stereocenters. The summed E-state index contributed by atoms with van der Waals surface area (Å²) in [5, 5.41) is 0. The Morgan fingerprint density at radius 3 is 2.92 bits per heavy atom. The summed E-state index contributed by atoms with van der Waals surface area (Å²) in [7, 11) is 3.49. The van der Waals surface area contributed by atoms with E-state index in [9.17, 15) is 4.79 Å². The van der Waals surface area contributed by atoms with Crippen molar-refractivity contribution >= 4 is 5.97 Å². The minimum absolute atomic E-state index is 0.265. The molecule has 0 saturated carbocycles. The van der Waals surface area contributed by atoms with Gasteiger partial charge in [0.1, 0.15) is 0 Å². The number of hydrogen-bond acceptors (Lipinski definition) is 3. The molecule has 1 rings (SSSR count). The summed E-state index contributed by atoms with van der Waals surface area (Å²) in [6.07, 6.45) is 7.11. The quantitative estimate of drug-likeness (QED) is 0.476. The zero-order chi connectivity index (χ0) is 9.68. The van der Waals surface area contributed by atoms with Gasteiger partial charge < -0.3 is 4.74 Å². The van der Waals surface area contributed by atoms with E-state index < -0.39 is 0 Å². The van der Waals surface area contributed by atoms with E-state index in [0.717, 1.165) is 13.0 Å². The van der Waals surface area contributed by atoms with Gasteiger partial charge in [0, 0.05) is 12.1 Å². The van der Waals surface area contributed by atoms with Crippen molar-refractivity contribution in [3.63, 3.8) is 0 Å². The van der Waals surface area contributed by atoms with Gasteiger partial charge in [-0.05, 0) is 26.4 Å². The largest absolute Gasteiger partial charge is 0.466 e. The number of methoxy groups -OCH3 is 1. The van der Waals surface area contributed by atoms with Crippen LogP contribution >= 0.6 is 0 Å². The highest BCUT2D eigenvalue weighted by atomic mass is 16.5. The van der Waals surface area contributed by atoms with E-state index in [0.29, 0.717) is 6.04 Å². The number of likely N-dealkylation sites (tertiary alicyclic amines) is 1. The first-order chi connectivity index (χ1) is 6.24. The summed E-state index contributed by atoms with van der Waals surface area (Å²) in [6, 6.07) is 0.410. The van der Waals surface area contributed by atoms with Crippen LogP contribution in [0.4, 0.5) is 0 Å². The van der Waals surface area contributed by atoms with Crippen LogP contribution < -0.4 is 0 Å². The number of carbonyl (C=O) groups excluding carboxylic acids is 1. The molecule has 1 heterocycles. The van der Waals surface area contributed by atoms with E-state index in [4.69, 9.17) is 0 Å². The molecule has 0 spiro atoms. The minimum atomic E-state index is -0.265. The third-order valence-electron chi connectivity index (χ3n) is 2.48. The molecule has 0 aromatic heterocycles. The van der Waals surface area contributed by atoms with Crippen LogP contribution in [0.1, 0.15) is 19.3 Å². The number of hydrogen-bond donors (Lipinski definition) is 0. The highest BCUT2D eigenvalue weighted by Gasteiger charge is 2.15. The molecule has 1 aliphatic heterocycles. The summed E-state index contributed by atoms with van der Waals surface area (Å²) < 4.78 is 4.53. The first-order valence-corrected chi connectivity index (χ1v) is 4.70. The van der Waals surface area contributed by atoms with Crippen molar-refractivity contribution in [2.75, 3.05) is 20.7 Å². The molecule has 13 heavy (non-hydrogen) atoms. The predicted octanol–water partition coefficient (Wildman–Crippen LogP) is 1.20. The molecule has 0 bridgehead atoms. The molecule has 1 saturated heterocycles. The molecule has 0 aliphatic carbocycles. The Bertz CT molecular complexity index is 201. The van der Waals surface area contributed by atoms with Gasteiger partial charge in [-0.1, -0.05) is 12.5 Å². The SMILES string of the molecule is COC(=O)/C=C\C1CCCCN1C. The molecule has 74 valence electrons. The Hall–Kier alpha value is -0.830. The lowest BCUT2D eigenvalue weighted by Crippen LogP contribution is -2.34. The van der Waals surface area contributed by atoms with Crippen molar-refractivity contribution in [3.05, 3.63) is 12.2 Å². The summed E-state index contributed by atoms with van der Waals surface area (Å²) in [5.74, 6) is -0.265. The second-order valence-corrected chi connectivity index (χ2v) is 3.43. The second-order valence-electron chi connectivity index (χ2n) is 3.43. The van der Waals surface area contributed by atoms with Gasteiger partial charge in [-0.25, -0.2) is 4.79 Å². The van der Waals surface area contributed by atoms with Crippen LogP contribution in [0.3, 0.4) is 0 Å². The van der Waals surface area contributed by atoms with Crippen molar-refractivity contribution in [1.82, 2.24) is 4.90 Å². The van der Waals surface area contributed by atoms with Gasteiger partial charge in [0.05, 0.1) is 7.11 Å². The zero-order valence-corrected chi connectivity index (χ0v) is 8.32. The highest BCUT2D eigenvalue weighted by molar-refractivity contribution is 5.81. The molecule has 3 heteroatoms. The maximum Gasteiger partial charge on any atom is 0.330 e. The van der Waals surface area contributed by atoms with Crippen molar-refractivity contribution in [3.8, 4) is 0 Å². The Morgan fingerprint density at radius 2 is 2.31 bits per heavy atom. The number of ether oxygens (including phenoxy) is 1. The molecular weight excluding hydrogens is 166 g/mol. The van der Waals surface area contributed by atoms with Crippen molar-refractivity contribution in [2.45, 2.75) is 25.3 Å². The molecule has 0 aromatic carbocycles. The monoisotopic (exact) mass is 183 g/mol. The number of carbonyl (C=O) groups is 1. The first-order valence-electron chi connectivity index (χ1n) is 4.70. The van der Waals surface area contributed by atoms with E-state index in [1.54, 1.807) is 0 Å². The maximum absolute atomic E-state index is 10.8. The average molecular weight is 183 g/mol. The van der Waals surface area contributed by atoms with Crippen molar-refractivity contribution in [1.29, 1.82) is 0 Å². The van der Waals surface area contributed by atoms with Gasteiger partial charge in [-0.3, -0.25) is 4.90 Å². The fourth-order valence-electron chi connectivity index (χ4n) is 1.60. The third-order valence-corrected chi connectivity index (χ3v) is 2.48. The Kier molecular flexibility index (Phi) is 3.96. The number of rotatable bonds is 2. The Balaban J connectivity index is 2.41. The number of esters is 1. The van der Waals surface area contributed by atoms with Crippen LogP contribution in [0.2, 0.25) is 0 Å². The molecule has 0 radical (unpaired) electrons. The van der Waals surface area contributed by atoms with Crippen LogP contribution in [0.5, 0.6) is 0 Å². The number of nitrogens with zero attached hydrogens (tertiary/aromatic N) is 1. The topological polar surface area (TPSA) is 29.5 Å². The average Bonchev–Trinajstić information content (AvgIpc) is 2.16. The summed E-state index contributed by atoms with van der Waals surface area (Å²) in [5.41, 5.74) is 0. The summed E-state index contributed by atoms with van der Waals surface area (Å²) in [6.45, 7) is 1.12. The van der Waals surface area contributed by atoms with E-state index in [-0.39, 0.29) is 5.97 Å². The number of piperidine rings is 1. The smallest absolute Gasteiger partial charge is 0.330 e. The second kappa shape index (κ2) is 5.02. The van der Waals surface area contributed by atoms with Crippen LogP contribution in [-0.4, -0.2) is 37.6 Å². The molecule has 0 N–H and O–H groups in total. The Labute approximate surface area is 79.4 Å². The molecule has 0 amide bonds. The maximum atomic E-state index is 10.8. The fourth-order valence-corrected chi connectivity index (χ4v) is 1.60. The minimum Gasteiger partial charge on any atom is -0.466 e. The van der Waals surface area contributed by atoms with Crippen LogP contribution in [0.25, 0.3) is 0 Å². The van der Waals surface area contributed by atoms with E-state index in [2.05, 4.69) is 16.7 Å². The van der Waals surface area contributed by atoms with Gasteiger partial charge in [0.15, 0.2) is 0 Å². The first kappa shape index (κ1) is 10.3. The zero-order valence-electron chi connectivity index (χ0n) is 8.32. The fraction of sp³-hybridized carbons (Fsp3) is 0.700. The van der Waals surface area contributed by atoms with Crippen molar-refractivity contribution in [2.24, 2.45) is 0 Å². The lowest BCUT2D eigenvalue weighted by Gasteiger charge is -2.29. The van der Waals surface area contributed by atoms with E-state index in [1.165, 1.54) is 26.0 Å². The molecule has 1 unspecified atom stereocenters. The van der Waals surface area contributed by atoms with Gasteiger partial charge in [0.2, 0.25) is 0 Å². The van der Waals surface area contributed by atoms with Crippen LogP contribution in [0.15, 0.2) is 12.2 Å². The standard InChI is InChI=1S/C10H17NO2/c1-11-8-4-3-5-9(11)6-7-10(12)13-2/h6-7,9H,3-5,8H2,1-2H3/b7-6-. The van der Waals surface area contributed by atoms with Crippen LogP contribution in [-0.2, 0) is 9.53 Å². The third kappa shape index (κ3) is 3.19. The highest BCUT2D eigenvalue weighted by Crippen LogP contribution is 2.15. The predicted molar refractivity (Wildman–Crippen MR) is 51.4 cm³/mol. The normalized spacial score (nSPS) is 24.9. The van der Waals surface area contributed by atoms with Gasteiger partial charge in [-0.15, -0.1) is 0 Å². The Morgan fingerprint density at radius 1 is 1.54 bits per heavy atom.